The van der Waals surface area contributed by atoms with E-state index >= 15 is 0 Å². The zero-order valence-electron chi connectivity index (χ0n) is 8.01. The predicted octanol–water partition coefficient (Wildman–Crippen LogP) is 3.65. The highest BCUT2D eigenvalue weighted by Crippen LogP contribution is 2.47. The molecule has 0 aromatic carbocycles. The highest BCUT2D eigenvalue weighted by molar-refractivity contribution is 5.07. The molecule has 0 aliphatic rings. The molecule has 0 amide bonds. The molecular weight excluding hydrogens is 290 g/mol. The fourth-order valence-electron chi connectivity index (χ4n) is 0.834. The Morgan fingerprint density at radius 3 is 1.39 bits per heavy atom. The van der Waals surface area contributed by atoms with Crippen molar-refractivity contribution in [1.82, 2.24) is 0 Å². The van der Waals surface area contributed by atoms with Gasteiger partial charge in [-0.1, -0.05) is 0 Å². The molecule has 0 saturated carbocycles. The minimum Gasteiger partial charge on any atom is -0.373 e. The van der Waals surface area contributed by atoms with Gasteiger partial charge in [0.2, 0.25) is 0 Å². The van der Waals surface area contributed by atoms with Crippen LogP contribution in [0.5, 0.6) is 0 Å². The smallest absolute Gasteiger partial charge is 0.373 e. The number of halogens is 10. The third-order valence-electron chi connectivity index (χ3n) is 1.68. The van der Waals surface area contributed by atoms with Crippen LogP contribution in [-0.2, 0) is 0 Å². The first-order chi connectivity index (χ1) is 7.60. The fraction of sp³-hybridized carbons (Fsp3) is 0.714. The van der Waals surface area contributed by atoms with Crippen molar-refractivity contribution in [2.75, 3.05) is 0 Å². The van der Waals surface area contributed by atoms with Crippen molar-refractivity contribution in [2.45, 2.75) is 30.6 Å². The summed E-state index contributed by atoms with van der Waals surface area (Å²) in [5, 5.41) is 8.35. The minimum absolute atomic E-state index is 1.39. The topological polar surface area (TPSA) is 20.2 Å². The van der Waals surface area contributed by atoms with Crippen molar-refractivity contribution in [3.63, 3.8) is 0 Å². The number of hydrogen-bond donors (Lipinski definition) is 1. The maximum Gasteiger partial charge on any atom is 0.426 e. The van der Waals surface area contributed by atoms with Gasteiger partial charge >= 0.3 is 18.5 Å². The molecule has 0 atom stereocenters. The zero-order chi connectivity index (χ0) is 15.0. The van der Waals surface area contributed by atoms with E-state index in [0.717, 1.165) is 0 Å². The van der Waals surface area contributed by atoms with Gasteiger partial charge in [0, 0.05) is 6.42 Å². The van der Waals surface area contributed by atoms with Gasteiger partial charge in [0.25, 0.3) is 5.60 Å². The largest absolute Gasteiger partial charge is 0.426 e. The summed E-state index contributed by atoms with van der Waals surface area (Å²) in [6, 6.07) is 0. The van der Waals surface area contributed by atoms with Crippen LogP contribution >= 0.6 is 0 Å². The summed E-state index contributed by atoms with van der Waals surface area (Å²) in [7, 11) is 0. The molecule has 108 valence electrons. The molecule has 18 heavy (non-hydrogen) atoms. The molecule has 0 rings (SSSR count). The first-order valence-corrected chi connectivity index (χ1v) is 3.90. The number of allylic oxidation sites excluding steroid dienone is 1. The Morgan fingerprint density at radius 2 is 1.17 bits per heavy atom. The van der Waals surface area contributed by atoms with Gasteiger partial charge in [-0.3, -0.25) is 0 Å². The van der Waals surface area contributed by atoms with Gasteiger partial charge in [0.05, 0.1) is 6.08 Å². The second-order valence-corrected chi connectivity index (χ2v) is 3.17. The summed E-state index contributed by atoms with van der Waals surface area (Å²) in [5.74, 6) is -2.79. The summed E-state index contributed by atoms with van der Waals surface area (Å²) >= 11 is 0. The Labute approximate surface area is 92.7 Å². The predicted molar refractivity (Wildman–Crippen MR) is 36.9 cm³/mol. The summed E-state index contributed by atoms with van der Waals surface area (Å²) < 4.78 is 119. The van der Waals surface area contributed by atoms with Gasteiger partial charge in [-0.25, -0.2) is 4.39 Å². The molecule has 0 unspecified atom stereocenters. The van der Waals surface area contributed by atoms with Crippen LogP contribution in [0, 0.1) is 0 Å². The van der Waals surface area contributed by atoms with Gasteiger partial charge in [0.15, 0.2) is 0 Å². The molecule has 11 heteroatoms. The van der Waals surface area contributed by atoms with Crippen LogP contribution in [-0.4, -0.2) is 29.2 Å². The van der Waals surface area contributed by atoms with Crippen molar-refractivity contribution in [3.8, 4) is 0 Å². The van der Waals surface area contributed by atoms with E-state index in [9.17, 15) is 43.9 Å². The van der Waals surface area contributed by atoms with Crippen LogP contribution in [0.25, 0.3) is 0 Å². The van der Waals surface area contributed by atoms with Crippen molar-refractivity contribution in [2.24, 2.45) is 0 Å². The number of rotatable bonds is 2. The standard InChI is InChI=1S/C7H4F10O/c8-3(2-5(9,10)11)1-4(18,6(12,13)14)7(15,16)17/h2,18H,1H2. The van der Waals surface area contributed by atoms with E-state index in [1.54, 1.807) is 0 Å². The normalized spacial score (nSPS) is 16.1. The molecule has 0 spiro atoms. The highest BCUT2D eigenvalue weighted by atomic mass is 19.4. The van der Waals surface area contributed by atoms with Gasteiger partial charge < -0.3 is 5.11 Å². The average molecular weight is 294 g/mol. The van der Waals surface area contributed by atoms with Crippen LogP contribution in [0.4, 0.5) is 43.9 Å². The monoisotopic (exact) mass is 294 g/mol. The third-order valence-corrected chi connectivity index (χ3v) is 1.68. The van der Waals surface area contributed by atoms with Crippen molar-refractivity contribution in [3.05, 3.63) is 11.9 Å². The SMILES string of the molecule is OC(CC(F)=CC(F)(F)F)(C(F)(F)F)C(F)(F)F. The molecule has 1 nitrogen and oxygen atoms in total. The Balaban J connectivity index is 5.38. The Morgan fingerprint density at radius 1 is 0.833 bits per heavy atom. The Hall–Kier alpha value is -1.00. The lowest BCUT2D eigenvalue weighted by atomic mass is 9.97. The lowest BCUT2D eigenvalue weighted by Gasteiger charge is -2.31. The number of hydrogen-bond acceptors (Lipinski definition) is 1. The van der Waals surface area contributed by atoms with Crippen molar-refractivity contribution in [1.29, 1.82) is 0 Å². The van der Waals surface area contributed by atoms with Gasteiger partial charge in [0.1, 0.15) is 5.83 Å². The first kappa shape index (κ1) is 17.0. The second kappa shape index (κ2) is 4.59. The molecule has 0 saturated heterocycles. The summed E-state index contributed by atoms with van der Waals surface area (Å²) in [4.78, 5) is 0. The number of alkyl halides is 9. The summed E-state index contributed by atoms with van der Waals surface area (Å²) in [6.45, 7) is 0. The maximum atomic E-state index is 12.4. The molecule has 0 heterocycles. The Bertz CT molecular complexity index is 305. The molecule has 0 aliphatic carbocycles. The fourth-order valence-corrected chi connectivity index (χ4v) is 0.834. The summed E-state index contributed by atoms with van der Waals surface area (Å²) in [5.41, 5.74) is -5.58. The van der Waals surface area contributed by atoms with Crippen LogP contribution in [0.1, 0.15) is 6.42 Å². The lowest BCUT2D eigenvalue weighted by Crippen LogP contribution is -2.56. The molecule has 0 aromatic heterocycles. The van der Waals surface area contributed by atoms with Gasteiger partial charge in [-0.2, -0.15) is 39.5 Å². The Kier molecular flexibility index (Phi) is 4.34. The molecule has 0 bridgehead atoms. The zero-order valence-corrected chi connectivity index (χ0v) is 8.01. The minimum atomic E-state index is -6.37. The molecule has 0 fully saturated rings. The van der Waals surface area contributed by atoms with Crippen LogP contribution in [0.15, 0.2) is 11.9 Å². The highest BCUT2D eigenvalue weighted by Gasteiger charge is 2.70. The molecular formula is C7H4F10O. The van der Waals surface area contributed by atoms with Crippen LogP contribution < -0.4 is 0 Å². The van der Waals surface area contributed by atoms with E-state index in [2.05, 4.69) is 0 Å². The number of aliphatic hydroxyl groups is 1. The van der Waals surface area contributed by atoms with E-state index in [-0.39, 0.29) is 0 Å². The molecule has 1 N–H and O–H groups in total. The van der Waals surface area contributed by atoms with Crippen molar-refractivity contribution < 1.29 is 49.0 Å². The van der Waals surface area contributed by atoms with Crippen LogP contribution in [0.2, 0.25) is 0 Å². The van der Waals surface area contributed by atoms with E-state index in [0.29, 0.717) is 0 Å². The van der Waals surface area contributed by atoms with Gasteiger partial charge in [-0.15, -0.1) is 0 Å². The van der Waals surface area contributed by atoms with E-state index in [1.807, 2.05) is 0 Å². The molecule has 0 aliphatic heterocycles. The lowest BCUT2D eigenvalue weighted by molar-refractivity contribution is -0.368. The van der Waals surface area contributed by atoms with Crippen LogP contribution in [0.3, 0.4) is 0 Å². The van der Waals surface area contributed by atoms with E-state index < -0.39 is 42.5 Å². The van der Waals surface area contributed by atoms with E-state index in [4.69, 9.17) is 5.11 Å². The van der Waals surface area contributed by atoms with E-state index in [1.165, 1.54) is 0 Å². The third kappa shape index (κ3) is 4.03. The van der Waals surface area contributed by atoms with Gasteiger partial charge in [-0.05, 0) is 0 Å². The molecule has 0 radical (unpaired) electrons. The maximum absolute atomic E-state index is 12.4. The van der Waals surface area contributed by atoms with Crippen molar-refractivity contribution >= 4 is 0 Å². The average Bonchev–Trinajstić information content (AvgIpc) is 1.94. The quantitative estimate of drug-likeness (QED) is 0.771. The summed E-state index contributed by atoms with van der Waals surface area (Å²) in [6.07, 6.45) is -22.5. The molecule has 0 aromatic rings. The second-order valence-electron chi connectivity index (χ2n) is 3.17. The first-order valence-electron chi connectivity index (χ1n) is 3.90.